The lowest BCUT2D eigenvalue weighted by Gasteiger charge is -2.11. The second-order valence-corrected chi connectivity index (χ2v) is 5.04. The number of carbonyl (C=O) groups is 2. The molecule has 0 heterocycles. The van der Waals surface area contributed by atoms with Crippen molar-refractivity contribution in [3.05, 3.63) is 29.8 Å². The van der Waals surface area contributed by atoms with Crippen LogP contribution in [0.25, 0.3) is 0 Å². The third-order valence-electron chi connectivity index (χ3n) is 3.18. The van der Waals surface area contributed by atoms with Gasteiger partial charge in [0, 0.05) is 25.1 Å². The van der Waals surface area contributed by atoms with E-state index in [9.17, 15) is 9.59 Å². The summed E-state index contributed by atoms with van der Waals surface area (Å²) in [5.41, 5.74) is 7.49. The van der Waals surface area contributed by atoms with Crippen molar-refractivity contribution in [1.29, 1.82) is 0 Å². The third-order valence-corrected chi connectivity index (χ3v) is 3.18. The van der Waals surface area contributed by atoms with E-state index < -0.39 is 5.97 Å². The van der Waals surface area contributed by atoms with Crippen LogP contribution in [0.15, 0.2) is 24.3 Å². The fourth-order valence-electron chi connectivity index (χ4n) is 1.86. The topological polar surface area (TPSA) is 92.4 Å². The number of aryl methyl sites for hydroxylation is 1. The largest absolute Gasteiger partial charge is 0.481 e. The molecule has 20 heavy (non-hydrogen) atoms. The highest BCUT2D eigenvalue weighted by Gasteiger charge is 2.08. The van der Waals surface area contributed by atoms with Crippen LogP contribution in [-0.4, -0.2) is 23.5 Å². The van der Waals surface area contributed by atoms with Crippen molar-refractivity contribution in [3.8, 4) is 0 Å². The fourth-order valence-corrected chi connectivity index (χ4v) is 1.86. The smallest absolute Gasteiger partial charge is 0.303 e. The van der Waals surface area contributed by atoms with Gasteiger partial charge in [0.2, 0.25) is 5.91 Å². The molecule has 0 aromatic heterocycles. The summed E-state index contributed by atoms with van der Waals surface area (Å²) in [7, 11) is 0. The van der Waals surface area contributed by atoms with Gasteiger partial charge in [-0.2, -0.15) is 0 Å². The van der Waals surface area contributed by atoms with Gasteiger partial charge in [0.15, 0.2) is 0 Å². The van der Waals surface area contributed by atoms with Crippen LogP contribution >= 0.6 is 0 Å². The Balaban J connectivity index is 2.24. The number of carbonyl (C=O) groups excluding carboxylic acids is 1. The molecule has 110 valence electrons. The van der Waals surface area contributed by atoms with Crippen LogP contribution < -0.4 is 11.1 Å². The minimum atomic E-state index is -0.803. The minimum absolute atomic E-state index is 0.0320. The molecule has 0 bridgehead atoms. The molecule has 5 heteroatoms. The van der Waals surface area contributed by atoms with E-state index in [1.807, 2.05) is 31.2 Å². The average Bonchev–Trinajstić information content (AvgIpc) is 2.42. The van der Waals surface area contributed by atoms with E-state index in [-0.39, 0.29) is 18.2 Å². The molecule has 1 rings (SSSR count). The van der Waals surface area contributed by atoms with Gasteiger partial charge in [-0.15, -0.1) is 0 Å². The van der Waals surface area contributed by atoms with Gasteiger partial charge < -0.3 is 16.2 Å². The van der Waals surface area contributed by atoms with Gasteiger partial charge >= 0.3 is 5.97 Å². The van der Waals surface area contributed by atoms with E-state index in [1.165, 1.54) is 0 Å². The molecule has 0 radical (unpaired) electrons. The van der Waals surface area contributed by atoms with Crippen LogP contribution in [0.3, 0.4) is 0 Å². The third kappa shape index (κ3) is 6.22. The maximum absolute atomic E-state index is 11.7. The van der Waals surface area contributed by atoms with Crippen molar-refractivity contribution in [2.45, 2.75) is 32.6 Å². The molecule has 1 aromatic carbocycles. The molecular formula is C15H22N2O3. The number of benzene rings is 1. The second kappa shape index (κ2) is 8.19. The van der Waals surface area contributed by atoms with Gasteiger partial charge in [-0.3, -0.25) is 9.59 Å². The van der Waals surface area contributed by atoms with Crippen molar-refractivity contribution in [1.82, 2.24) is 5.32 Å². The standard InChI is InChI=1S/C15H22N2O3/c1-11(6-9-15(19)20)10-17-14(18)8-7-12-4-2-3-5-13(12)16/h2-5,11H,6-10,16H2,1H3,(H,17,18)(H,19,20). The number of nitrogen functional groups attached to an aromatic ring is 1. The quantitative estimate of drug-likeness (QED) is 0.632. The molecule has 1 aromatic rings. The van der Waals surface area contributed by atoms with Crippen LogP contribution in [0.2, 0.25) is 0 Å². The molecule has 5 nitrogen and oxygen atoms in total. The molecule has 4 N–H and O–H groups in total. The Hall–Kier alpha value is -2.04. The van der Waals surface area contributed by atoms with Crippen molar-refractivity contribution in [2.24, 2.45) is 5.92 Å². The summed E-state index contributed by atoms with van der Waals surface area (Å²) < 4.78 is 0. The van der Waals surface area contributed by atoms with Crippen LogP contribution in [0.4, 0.5) is 5.69 Å². The zero-order valence-corrected chi connectivity index (χ0v) is 11.8. The Morgan fingerprint density at radius 2 is 2.00 bits per heavy atom. The molecule has 1 amide bonds. The minimum Gasteiger partial charge on any atom is -0.481 e. The Labute approximate surface area is 119 Å². The number of nitrogens with one attached hydrogen (secondary N) is 1. The SMILES string of the molecule is CC(CCC(=O)O)CNC(=O)CCc1ccccc1N. The molecule has 0 fully saturated rings. The molecular weight excluding hydrogens is 256 g/mol. The van der Waals surface area contributed by atoms with Gasteiger partial charge in [-0.05, 0) is 30.4 Å². The summed E-state index contributed by atoms with van der Waals surface area (Å²) in [6.07, 6.45) is 1.71. The summed E-state index contributed by atoms with van der Waals surface area (Å²) in [6.45, 7) is 2.44. The monoisotopic (exact) mass is 278 g/mol. The van der Waals surface area contributed by atoms with Gasteiger partial charge in [0.25, 0.3) is 0 Å². The molecule has 0 aliphatic rings. The summed E-state index contributed by atoms with van der Waals surface area (Å²) in [5.74, 6) is -0.671. The molecule has 0 aliphatic heterocycles. The van der Waals surface area contributed by atoms with Crippen LogP contribution in [0, 0.1) is 5.92 Å². The van der Waals surface area contributed by atoms with Gasteiger partial charge in [0.05, 0.1) is 0 Å². The first-order valence-corrected chi connectivity index (χ1v) is 6.81. The highest BCUT2D eigenvalue weighted by molar-refractivity contribution is 5.76. The van der Waals surface area contributed by atoms with Gasteiger partial charge in [-0.1, -0.05) is 25.1 Å². The van der Waals surface area contributed by atoms with E-state index >= 15 is 0 Å². The number of carboxylic acids is 1. The maximum atomic E-state index is 11.7. The highest BCUT2D eigenvalue weighted by atomic mass is 16.4. The Morgan fingerprint density at radius 3 is 2.65 bits per heavy atom. The van der Waals surface area contributed by atoms with Crippen molar-refractivity contribution in [2.75, 3.05) is 12.3 Å². The van der Waals surface area contributed by atoms with Crippen LogP contribution in [0.5, 0.6) is 0 Å². The maximum Gasteiger partial charge on any atom is 0.303 e. The first-order chi connectivity index (χ1) is 9.49. The first-order valence-electron chi connectivity index (χ1n) is 6.81. The number of anilines is 1. The molecule has 0 saturated heterocycles. The van der Waals surface area contributed by atoms with Crippen molar-refractivity contribution < 1.29 is 14.7 Å². The Bertz CT molecular complexity index is 460. The Kier molecular flexibility index (Phi) is 6.56. The van der Waals surface area contributed by atoms with E-state index in [4.69, 9.17) is 10.8 Å². The van der Waals surface area contributed by atoms with Crippen LogP contribution in [0.1, 0.15) is 31.7 Å². The van der Waals surface area contributed by atoms with E-state index in [0.29, 0.717) is 31.5 Å². The summed E-state index contributed by atoms with van der Waals surface area (Å²) in [5, 5.41) is 11.4. The zero-order chi connectivity index (χ0) is 15.0. The predicted octanol–water partition coefficient (Wildman–Crippen LogP) is 1.82. The molecule has 0 aliphatic carbocycles. The van der Waals surface area contributed by atoms with Crippen molar-refractivity contribution >= 4 is 17.6 Å². The number of hydrogen-bond acceptors (Lipinski definition) is 3. The lowest BCUT2D eigenvalue weighted by molar-refractivity contribution is -0.137. The van der Waals surface area contributed by atoms with E-state index in [1.54, 1.807) is 0 Å². The number of amides is 1. The molecule has 1 atom stereocenters. The molecule has 0 saturated carbocycles. The number of carboxylic acid groups (broad SMARTS) is 1. The normalized spacial score (nSPS) is 11.8. The van der Waals surface area contributed by atoms with E-state index in [0.717, 1.165) is 5.56 Å². The lowest BCUT2D eigenvalue weighted by Crippen LogP contribution is -2.28. The lowest BCUT2D eigenvalue weighted by atomic mass is 10.1. The summed E-state index contributed by atoms with van der Waals surface area (Å²) in [6, 6.07) is 7.50. The summed E-state index contributed by atoms with van der Waals surface area (Å²) >= 11 is 0. The zero-order valence-electron chi connectivity index (χ0n) is 11.8. The number of rotatable bonds is 8. The number of para-hydroxylation sites is 1. The Morgan fingerprint density at radius 1 is 1.30 bits per heavy atom. The second-order valence-electron chi connectivity index (χ2n) is 5.04. The van der Waals surface area contributed by atoms with Crippen molar-refractivity contribution in [3.63, 3.8) is 0 Å². The number of aliphatic carboxylic acids is 1. The summed E-state index contributed by atoms with van der Waals surface area (Å²) in [4.78, 5) is 22.1. The molecule has 0 spiro atoms. The highest BCUT2D eigenvalue weighted by Crippen LogP contribution is 2.12. The van der Waals surface area contributed by atoms with Gasteiger partial charge in [0.1, 0.15) is 0 Å². The van der Waals surface area contributed by atoms with Gasteiger partial charge in [-0.25, -0.2) is 0 Å². The number of hydrogen-bond donors (Lipinski definition) is 3. The molecule has 1 unspecified atom stereocenters. The van der Waals surface area contributed by atoms with Crippen LogP contribution in [-0.2, 0) is 16.0 Å². The van der Waals surface area contributed by atoms with E-state index in [2.05, 4.69) is 5.32 Å². The number of nitrogens with two attached hydrogens (primary N) is 1. The predicted molar refractivity (Wildman–Crippen MR) is 78.2 cm³/mol. The average molecular weight is 278 g/mol. The first kappa shape index (κ1) is 16.0. The fraction of sp³-hybridized carbons (Fsp3) is 0.467.